The van der Waals surface area contributed by atoms with Crippen LogP contribution in [0.5, 0.6) is 0 Å². The van der Waals surface area contributed by atoms with Crippen molar-refractivity contribution in [1.29, 1.82) is 0 Å². The highest BCUT2D eigenvalue weighted by Gasteiger charge is 2.56. The summed E-state index contributed by atoms with van der Waals surface area (Å²) in [7, 11) is 1.31. The molecule has 1 aliphatic carbocycles. The number of aromatic nitrogens is 5. The van der Waals surface area contributed by atoms with Crippen LogP contribution in [0.2, 0.25) is 0 Å². The SMILES string of the molecule is Cn1cnnc1C(F)(F)[C@](C)(F)c1cccc(NC(=O)c2cc(CN3CC[C@H](F)C3)nc(C3CC3)n2)c1. The van der Waals surface area contributed by atoms with E-state index in [0.717, 1.165) is 36.7 Å². The average molecular weight is 518 g/mol. The van der Waals surface area contributed by atoms with Crippen molar-refractivity contribution >= 4 is 11.6 Å². The van der Waals surface area contributed by atoms with Gasteiger partial charge < -0.3 is 9.88 Å². The van der Waals surface area contributed by atoms with E-state index in [-0.39, 0.29) is 22.9 Å². The number of hydrogen-bond acceptors (Lipinski definition) is 6. The highest BCUT2D eigenvalue weighted by atomic mass is 19.3. The second kappa shape index (κ2) is 9.47. The van der Waals surface area contributed by atoms with E-state index in [4.69, 9.17) is 0 Å². The minimum atomic E-state index is -3.99. The summed E-state index contributed by atoms with van der Waals surface area (Å²) in [6, 6.07) is 6.81. The number of carbonyl (C=O) groups is 1. The Morgan fingerprint density at radius 1 is 1.16 bits per heavy atom. The molecule has 3 heterocycles. The lowest BCUT2D eigenvalue weighted by atomic mass is 9.90. The smallest absolute Gasteiger partial charge is 0.321 e. The summed E-state index contributed by atoms with van der Waals surface area (Å²) in [4.78, 5) is 24.0. The van der Waals surface area contributed by atoms with E-state index in [9.17, 15) is 9.18 Å². The normalized spacial score (nSPS) is 20.1. The van der Waals surface area contributed by atoms with Gasteiger partial charge in [-0.1, -0.05) is 12.1 Å². The molecule has 8 nitrogen and oxygen atoms in total. The van der Waals surface area contributed by atoms with E-state index in [1.807, 2.05) is 4.90 Å². The summed E-state index contributed by atoms with van der Waals surface area (Å²) < 4.78 is 60.4. The van der Waals surface area contributed by atoms with E-state index in [1.165, 1.54) is 25.2 Å². The second-order valence-electron chi connectivity index (χ2n) is 9.88. The number of likely N-dealkylation sites (tertiary alicyclic amines) is 1. The number of hydrogen-bond donors (Lipinski definition) is 1. The van der Waals surface area contributed by atoms with Crippen molar-refractivity contribution < 1.29 is 22.4 Å². The lowest BCUT2D eigenvalue weighted by Crippen LogP contribution is -2.39. The van der Waals surface area contributed by atoms with Crippen LogP contribution < -0.4 is 5.32 Å². The molecule has 37 heavy (non-hydrogen) atoms. The summed E-state index contributed by atoms with van der Waals surface area (Å²) in [5.74, 6) is -4.64. The van der Waals surface area contributed by atoms with Gasteiger partial charge >= 0.3 is 5.92 Å². The number of rotatable bonds is 8. The molecule has 1 saturated carbocycles. The number of alkyl halides is 4. The average Bonchev–Trinajstić information content (AvgIpc) is 3.50. The number of anilines is 1. The molecule has 2 aromatic heterocycles. The van der Waals surface area contributed by atoms with Crippen LogP contribution in [0.15, 0.2) is 36.7 Å². The highest BCUT2D eigenvalue weighted by molar-refractivity contribution is 6.03. The largest absolute Gasteiger partial charge is 0.343 e. The number of benzene rings is 1. The van der Waals surface area contributed by atoms with Gasteiger partial charge in [0, 0.05) is 38.3 Å². The number of carbonyl (C=O) groups excluding carboxylic acids is 1. The molecule has 12 heteroatoms. The molecule has 2 atom stereocenters. The minimum Gasteiger partial charge on any atom is -0.321 e. The van der Waals surface area contributed by atoms with Crippen LogP contribution >= 0.6 is 0 Å². The Kier molecular flexibility index (Phi) is 6.47. The molecule has 3 aromatic rings. The van der Waals surface area contributed by atoms with Crippen molar-refractivity contribution in [3.05, 3.63) is 65.3 Å². The number of nitrogens with one attached hydrogen (secondary N) is 1. The lowest BCUT2D eigenvalue weighted by molar-refractivity contribution is -0.149. The van der Waals surface area contributed by atoms with Crippen LogP contribution in [0.3, 0.4) is 0 Å². The van der Waals surface area contributed by atoms with Crippen molar-refractivity contribution in [1.82, 2.24) is 29.6 Å². The number of halogens is 4. The molecule has 0 radical (unpaired) electrons. The van der Waals surface area contributed by atoms with Crippen molar-refractivity contribution in [2.45, 2.75) is 56.4 Å². The zero-order chi connectivity index (χ0) is 26.4. The Morgan fingerprint density at radius 3 is 2.59 bits per heavy atom. The summed E-state index contributed by atoms with van der Waals surface area (Å²) in [5.41, 5.74) is -2.62. The van der Waals surface area contributed by atoms with Gasteiger partial charge in [0.1, 0.15) is 24.0 Å². The van der Waals surface area contributed by atoms with Gasteiger partial charge in [0.15, 0.2) is 0 Å². The van der Waals surface area contributed by atoms with Crippen molar-refractivity contribution in [2.24, 2.45) is 7.05 Å². The first-order chi connectivity index (χ1) is 17.5. The fraction of sp³-hybridized carbons (Fsp3) is 0.480. The summed E-state index contributed by atoms with van der Waals surface area (Å²) in [5, 5.41) is 9.44. The molecule has 2 fully saturated rings. The molecule has 1 aromatic carbocycles. The Bertz CT molecular complexity index is 1310. The molecule has 1 aliphatic heterocycles. The quantitative estimate of drug-likeness (QED) is 0.450. The Balaban J connectivity index is 1.37. The molecule has 5 rings (SSSR count). The third kappa shape index (κ3) is 5.07. The van der Waals surface area contributed by atoms with Crippen LogP contribution in [0.1, 0.15) is 65.5 Å². The van der Waals surface area contributed by atoms with E-state index >= 15 is 13.2 Å². The predicted molar refractivity (Wildman–Crippen MR) is 127 cm³/mol. The maximum Gasteiger partial charge on any atom is 0.343 e. The molecule has 1 saturated heterocycles. The van der Waals surface area contributed by atoms with Gasteiger partial charge in [-0.25, -0.2) is 18.7 Å². The summed E-state index contributed by atoms with van der Waals surface area (Å²) >= 11 is 0. The molecule has 1 amide bonds. The van der Waals surface area contributed by atoms with Gasteiger partial charge in [0.25, 0.3) is 5.91 Å². The standard InChI is InChI=1S/C25H27F4N7O/c1-24(27,25(28,29)23-34-30-14-35(23)2)16-4-3-5-18(10-16)32-22(37)20-11-19(13-36-9-8-17(26)12-36)31-21(33-20)15-6-7-15/h3-5,10-11,14-15,17H,6-9,12-13H2,1-2H3,(H,32,37)/t17-,24+/m0/s1. The Labute approximate surface area is 211 Å². The van der Waals surface area contributed by atoms with Crippen LogP contribution in [0.4, 0.5) is 23.2 Å². The number of nitrogens with zero attached hydrogens (tertiary/aromatic N) is 6. The fourth-order valence-electron chi connectivity index (χ4n) is 4.44. The fourth-order valence-corrected chi connectivity index (χ4v) is 4.44. The molecule has 196 valence electrons. The third-order valence-electron chi connectivity index (χ3n) is 6.82. The maximum atomic E-state index is 15.6. The number of amides is 1. The van der Waals surface area contributed by atoms with Crippen LogP contribution in [0, 0.1) is 0 Å². The van der Waals surface area contributed by atoms with E-state index < -0.39 is 29.5 Å². The van der Waals surface area contributed by atoms with Crippen LogP contribution in [-0.4, -0.2) is 54.8 Å². The topological polar surface area (TPSA) is 88.8 Å². The molecular formula is C25H27F4N7O. The van der Waals surface area contributed by atoms with Gasteiger partial charge in [-0.15, -0.1) is 10.2 Å². The van der Waals surface area contributed by atoms with E-state index in [1.54, 1.807) is 6.07 Å². The van der Waals surface area contributed by atoms with Gasteiger partial charge in [-0.3, -0.25) is 9.69 Å². The maximum absolute atomic E-state index is 15.6. The first-order valence-electron chi connectivity index (χ1n) is 12.1. The zero-order valence-corrected chi connectivity index (χ0v) is 20.5. The third-order valence-corrected chi connectivity index (χ3v) is 6.82. The predicted octanol–water partition coefficient (Wildman–Crippen LogP) is 4.26. The molecule has 0 bridgehead atoms. The molecular weight excluding hydrogens is 490 g/mol. The Morgan fingerprint density at radius 2 is 1.95 bits per heavy atom. The molecule has 0 unspecified atom stereocenters. The zero-order valence-electron chi connectivity index (χ0n) is 20.5. The first kappa shape index (κ1) is 25.2. The molecule has 1 N–H and O–H groups in total. The summed E-state index contributed by atoms with van der Waals surface area (Å²) in [6.07, 6.45) is 2.52. The van der Waals surface area contributed by atoms with Crippen molar-refractivity contribution in [3.63, 3.8) is 0 Å². The first-order valence-corrected chi connectivity index (χ1v) is 12.1. The van der Waals surface area contributed by atoms with Crippen molar-refractivity contribution in [2.75, 3.05) is 18.4 Å². The second-order valence-corrected chi connectivity index (χ2v) is 9.88. The monoisotopic (exact) mass is 517 g/mol. The number of aryl methyl sites for hydroxylation is 1. The highest BCUT2D eigenvalue weighted by Crippen LogP contribution is 2.47. The van der Waals surface area contributed by atoms with E-state index in [0.29, 0.717) is 37.6 Å². The minimum absolute atomic E-state index is 0.112. The van der Waals surface area contributed by atoms with Gasteiger partial charge in [-0.05, 0) is 49.9 Å². The molecule has 0 spiro atoms. The Hall–Kier alpha value is -3.41. The van der Waals surface area contributed by atoms with Crippen LogP contribution in [0.25, 0.3) is 0 Å². The van der Waals surface area contributed by atoms with Gasteiger partial charge in [0.2, 0.25) is 11.5 Å². The van der Waals surface area contributed by atoms with E-state index in [2.05, 4.69) is 25.5 Å². The van der Waals surface area contributed by atoms with Crippen LogP contribution in [-0.2, 0) is 25.2 Å². The van der Waals surface area contributed by atoms with Gasteiger partial charge in [0.05, 0.1) is 5.69 Å². The van der Waals surface area contributed by atoms with Gasteiger partial charge in [-0.2, -0.15) is 8.78 Å². The lowest BCUT2D eigenvalue weighted by Gasteiger charge is -2.30. The van der Waals surface area contributed by atoms with Crippen molar-refractivity contribution in [3.8, 4) is 0 Å². The summed E-state index contributed by atoms with van der Waals surface area (Å²) in [6.45, 7) is 2.09. The molecule has 2 aliphatic rings.